The summed E-state index contributed by atoms with van der Waals surface area (Å²) in [5.74, 6) is -0.663. The van der Waals surface area contributed by atoms with Gasteiger partial charge in [-0.2, -0.15) is 0 Å². The summed E-state index contributed by atoms with van der Waals surface area (Å²) in [5, 5.41) is 28.5. The lowest BCUT2D eigenvalue weighted by atomic mass is 10.0. The van der Waals surface area contributed by atoms with Crippen LogP contribution in [0.25, 0.3) is 0 Å². The molecule has 0 saturated carbocycles. The average Bonchev–Trinajstić information content (AvgIpc) is 1.99. The van der Waals surface area contributed by atoms with Crippen LogP contribution in [-0.2, 0) is 0 Å². The zero-order valence-electron chi connectivity index (χ0n) is 5.85. The molecule has 5 nitrogen and oxygen atoms in total. The molecular formula is C6H6ClNO4. The maximum Gasteiger partial charge on any atom is 0.379 e. The van der Waals surface area contributed by atoms with E-state index >= 15 is 0 Å². The summed E-state index contributed by atoms with van der Waals surface area (Å²) in [5.41, 5.74) is 0. The van der Waals surface area contributed by atoms with Gasteiger partial charge in [0.25, 0.3) is 0 Å². The zero-order valence-corrected chi connectivity index (χ0v) is 6.60. The topological polar surface area (TPSA) is 83.6 Å². The molecule has 0 aromatic carbocycles. The highest BCUT2D eigenvalue weighted by Crippen LogP contribution is 2.31. The van der Waals surface area contributed by atoms with Crippen molar-refractivity contribution in [3.05, 3.63) is 34.1 Å². The molecule has 0 radical (unpaired) electrons. The molecule has 0 saturated heterocycles. The predicted molar refractivity (Wildman–Crippen MR) is 41.4 cm³/mol. The van der Waals surface area contributed by atoms with E-state index in [9.17, 15) is 10.1 Å². The second-order valence-electron chi connectivity index (χ2n) is 2.31. The number of hydrogen-bond acceptors (Lipinski definition) is 4. The molecule has 0 bridgehead atoms. The van der Waals surface area contributed by atoms with Crippen molar-refractivity contribution in [1.29, 1.82) is 0 Å². The molecular weight excluding hydrogens is 186 g/mol. The van der Waals surface area contributed by atoms with Gasteiger partial charge in [-0.3, -0.25) is 10.1 Å². The fourth-order valence-corrected chi connectivity index (χ4v) is 0.985. The Balaban J connectivity index is 3.10. The van der Waals surface area contributed by atoms with Crippen molar-refractivity contribution in [3.63, 3.8) is 0 Å². The second kappa shape index (κ2) is 2.76. The van der Waals surface area contributed by atoms with E-state index in [4.69, 9.17) is 21.8 Å². The maximum absolute atomic E-state index is 10.4. The standard InChI is InChI=1S/C6H6ClNO4/c7-6(8(11)12)4(9)2-1-3-5(6)10/h1-4,9-10H. The average molecular weight is 192 g/mol. The minimum Gasteiger partial charge on any atom is -0.504 e. The van der Waals surface area contributed by atoms with Crippen LogP contribution in [0.5, 0.6) is 0 Å². The van der Waals surface area contributed by atoms with Gasteiger partial charge in [0.1, 0.15) is 0 Å². The first kappa shape index (κ1) is 9.02. The molecule has 0 aromatic rings. The zero-order chi connectivity index (χ0) is 9.35. The fraction of sp³-hybridized carbons (Fsp3) is 0.333. The van der Waals surface area contributed by atoms with E-state index in [1.807, 2.05) is 0 Å². The van der Waals surface area contributed by atoms with Gasteiger partial charge in [0, 0.05) is 0 Å². The van der Waals surface area contributed by atoms with Crippen molar-refractivity contribution in [2.45, 2.75) is 11.1 Å². The van der Waals surface area contributed by atoms with Crippen LogP contribution >= 0.6 is 11.6 Å². The summed E-state index contributed by atoms with van der Waals surface area (Å²) in [6.45, 7) is 0. The Morgan fingerprint density at radius 3 is 2.67 bits per heavy atom. The molecule has 1 rings (SSSR count). The van der Waals surface area contributed by atoms with Gasteiger partial charge in [-0.25, -0.2) is 0 Å². The van der Waals surface area contributed by atoms with Crippen LogP contribution in [0.1, 0.15) is 0 Å². The predicted octanol–water partition coefficient (Wildman–Crippen LogP) is 0.571. The first-order valence-corrected chi connectivity index (χ1v) is 3.46. The third-order valence-corrected chi connectivity index (χ3v) is 2.12. The minimum atomic E-state index is -2.32. The lowest BCUT2D eigenvalue weighted by Gasteiger charge is -2.22. The van der Waals surface area contributed by atoms with E-state index in [2.05, 4.69) is 0 Å². The Kier molecular flexibility index (Phi) is 2.08. The number of hydrogen-bond donors (Lipinski definition) is 2. The summed E-state index contributed by atoms with van der Waals surface area (Å²) in [7, 11) is 0. The summed E-state index contributed by atoms with van der Waals surface area (Å²) in [4.78, 5) is 7.12. The molecule has 0 fully saturated rings. The van der Waals surface area contributed by atoms with Crippen LogP contribution in [-0.4, -0.2) is 26.2 Å². The molecule has 0 amide bonds. The third-order valence-electron chi connectivity index (χ3n) is 1.56. The second-order valence-corrected chi connectivity index (χ2v) is 2.89. The number of rotatable bonds is 1. The summed E-state index contributed by atoms with van der Waals surface area (Å²) < 4.78 is 0. The highest BCUT2D eigenvalue weighted by Gasteiger charge is 2.52. The van der Waals surface area contributed by atoms with Crippen molar-refractivity contribution in [1.82, 2.24) is 0 Å². The summed E-state index contributed by atoms with van der Waals surface area (Å²) in [6, 6.07) is 0. The monoisotopic (exact) mass is 191 g/mol. The Labute approximate surface area is 72.7 Å². The van der Waals surface area contributed by atoms with Crippen molar-refractivity contribution in [2.24, 2.45) is 0 Å². The largest absolute Gasteiger partial charge is 0.504 e. The lowest BCUT2D eigenvalue weighted by Crippen LogP contribution is -2.46. The van der Waals surface area contributed by atoms with Crippen molar-refractivity contribution < 1.29 is 15.1 Å². The highest BCUT2D eigenvalue weighted by molar-refractivity contribution is 6.25. The van der Waals surface area contributed by atoms with E-state index in [-0.39, 0.29) is 0 Å². The van der Waals surface area contributed by atoms with Crippen LogP contribution in [0.15, 0.2) is 24.0 Å². The fourth-order valence-electron chi connectivity index (χ4n) is 0.849. The van der Waals surface area contributed by atoms with Gasteiger partial charge in [-0.1, -0.05) is 6.08 Å². The molecule has 66 valence electrons. The smallest absolute Gasteiger partial charge is 0.379 e. The van der Waals surface area contributed by atoms with E-state index in [1.54, 1.807) is 0 Å². The number of aliphatic hydroxyl groups excluding tert-OH is 2. The number of nitro groups is 1. The van der Waals surface area contributed by atoms with Gasteiger partial charge in [0.05, 0.1) is 4.92 Å². The molecule has 12 heavy (non-hydrogen) atoms. The van der Waals surface area contributed by atoms with Crippen LogP contribution < -0.4 is 0 Å². The summed E-state index contributed by atoms with van der Waals surface area (Å²) in [6.07, 6.45) is 1.99. The molecule has 2 unspecified atom stereocenters. The third kappa shape index (κ3) is 1.07. The SMILES string of the molecule is O=[N+]([O-])C1(Cl)C(O)=CC=CC1O. The number of aliphatic hydroxyl groups is 2. The molecule has 0 spiro atoms. The summed E-state index contributed by atoms with van der Waals surface area (Å²) >= 11 is 5.39. The molecule has 1 aliphatic rings. The van der Waals surface area contributed by atoms with Gasteiger partial charge in [-0.15, -0.1) is 0 Å². The molecule has 0 aromatic heterocycles. The molecule has 1 aliphatic carbocycles. The van der Waals surface area contributed by atoms with E-state index < -0.39 is 21.8 Å². The van der Waals surface area contributed by atoms with Crippen molar-refractivity contribution in [3.8, 4) is 0 Å². The van der Waals surface area contributed by atoms with Crippen LogP contribution in [0.3, 0.4) is 0 Å². The first-order valence-electron chi connectivity index (χ1n) is 3.09. The van der Waals surface area contributed by atoms with Gasteiger partial charge in [0.15, 0.2) is 11.9 Å². The van der Waals surface area contributed by atoms with Crippen LogP contribution in [0.2, 0.25) is 0 Å². The van der Waals surface area contributed by atoms with Gasteiger partial charge in [-0.05, 0) is 23.8 Å². The molecule has 2 N–H and O–H groups in total. The molecule has 2 atom stereocenters. The Bertz CT molecular complexity index is 275. The van der Waals surface area contributed by atoms with Crippen molar-refractivity contribution in [2.75, 3.05) is 0 Å². The Morgan fingerprint density at radius 1 is 1.75 bits per heavy atom. The Morgan fingerprint density at radius 2 is 2.33 bits per heavy atom. The first-order chi connectivity index (χ1) is 5.49. The quantitative estimate of drug-likeness (QED) is 0.275. The molecule has 0 aliphatic heterocycles. The number of alkyl halides is 1. The van der Waals surface area contributed by atoms with Crippen LogP contribution in [0, 0.1) is 10.1 Å². The van der Waals surface area contributed by atoms with E-state index in [0.717, 1.165) is 12.2 Å². The van der Waals surface area contributed by atoms with Crippen molar-refractivity contribution >= 4 is 11.6 Å². The van der Waals surface area contributed by atoms with E-state index in [1.165, 1.54) is 6.08 Å². The molecule has 0 heterocycles. The van der Waals surface area contributed by atoms with E-state index in [0.29, 0.717) is 0 Å². The highest BCUT2D eigenvalue weighted by atomic mass is 35.5. The maximum atomic E-state index is 10.4. The van der Waals surface area contributed by atoms with Crippen LogP contribution in [0.4, 0.5) is 0 Å². The van der Waals surface area contributed by atoms with Gasteiger partial charge in [0.2, 0.25) is 0 Å². The van der Waals surface area contributed by atoms with Gasteiger partial charge >= 0.3 is 5.00 Å². The number of allylic oxidation sites excluding steroid dienone is 2. The number of nitrogens with zero attached hydrogens (tertiary/aromatic N) is 1. The normalized spacial score (nSPS) is 34.5. The minimum absolute atomic E-state index is 0.663. The number of halogens is 1. The molecule has 6 heteroatoms. The lowest BCUT2D eigenvalue weighted by molar-refractivity contribution is -0.545. The van der Waals surface area contributed by atoms with Gasteiger partial charge < -0.3 is 10.2 Å². The Hall–Kier alpha value is -1.07.